The van der Waals surface area contributed by atoms with Crippen molar-refractivity contribution in [2.75, 3.05) is 6.61 Å². The highest BCUT2D eigenvalue weighted by Crippen LogP contribution is 2.27. The van der Waals surface area contributed by atoms with Crippen LogP contribution < -0.4 is 5.56 Å². The maximum Gasteiger partial charge on any atom is 0.344 e. The minimum atomic E-state index is -0.582. The van der Waals surface area contributed by atoms with E-state index in [4.69, 9.17) is 4.74 Å². The van der Waals surface area contributed by atoms with Gasteiger partial charge in [0, 0.05) is 17.0 Å². The topological polar surface area (TPSA) is 47.8 Å². The quantitative estimate of drug-likeness (QED) is 0.321. The van der Waals surface area contributed by atoms with E-state index in [2.05, 4.69) is 0 Å². The second-order valence-electron chi connectivity index (χ2n) is 5.60. The van der Waals surface area contributed by atoms with Crippen molar-refractivity contribution in [3.63, 3.8) is 0 Å². The smallest absolute Gasteiger partial charge is 0.344 e. The lowest BCUT2D eigenvalue weighted by atomic mass is 10.00. The number of benzene rings is 2. The zero-order valence-electron chi connectivity index (χ0n) is 13.2. The zero-order valence-corrected chi connectivity index (χ0v) is 13.2. The number of rotatable bonds is 2. The molecular formula is C20H15NO3. The highest BCUT2D eigenvalue weighted by atomic mass is 16.5. The number of hydrogen-bond acceptors (Lipinski definition) is 3. The molecule has 4 heteroatoms. The largest absolute Gasteiger partial charge is 0.462 e. The molecule has 2 heterocycles. The van der Waals surface area contributed by atoms with Gasteiger partial charge in [-0.3, -0.25) is 9.20 Å². The van der Waals surface area contributed by atoms with E-state index in [0.29, 0.717) is 5.39 Å². The summed E-state index contributed by atoms with van der Waals surface area (Å²) < 4.78 is 6.63. The standard InChI is InChI=1S/C20H15NO3/c1-2-24-20(23)18-16-12-14-8-4-3-7-13(14)11-15(16)17-9-5-6-10-21(17)19(18)22/h3-12H,2H2,1H3. The van der Waals surface area contributed by atoms with Gasteiger partial charge >= 0.3 is 5.97 Å². The fraction of sp³-hybridized carbons (Fsp3) is 0.100. The fourth-order valence-electron chi connectivity index (χ4n) is 3.13. The third-order valence-electron chi connectivity index (χ3n) is 4.20. The van der Waals surface area contributed by atoms with Gasteiger partial charge < -0.3 is 4.74 Å². The first kappa shape index (κ1) is 14.5. The highest BCUT2D eigenvalue weighted by Gasteiger charge is 2.19. The summed E-state index contributed by atoms with van der Waals surface area (Å²) in [6, 6.07) is 17.3. The summed E-state index contributed by atoms with van der Waals surface area (Å²) >= 11 is 0. The second-order valence-corrected chi connectivity index (χ2v) is 5.60. The molecule has 4 rings (SSSR count). The minimum Gasteiger partial charge on any atom is -0.462 e. The van der Waals surface area contributed by atoms with E-state index in [0.717, 1.165) is 21.7 Å². The van der Waals surface area contributed by atoms with Crippen LogP contribution in [0.1, 0.15) is 17.3 Å². The predicted molar refractivity (Wildman–Crippen MR) is 94.6 cm³/mol. The molecule has 4 aromatic rings. The first-order chi connectivity index (χ1) is 11.7. The first-order valence-electron chi connectivity index (χ1n) is 7.83. The molecule has 0 saturated carbocycles. The van der Waals surface area contributed by atoms with Crippen molar-refractivity contribution >= 4 is 33.0 Å². The Morgan fingerprint density at radius 3 is 2.38 bits per heavy atom. The molecule has 2 aromatic carbocycles. The van der Waals surface area contributed by atoms with Crippen molar-refractivity contribution in [1.82, 2.24) is 4.40 Å². The number of carbonyl (C=O) groups excluding carboxylic acids is 1. The zero-order chi connectivity index (χ0) is 16.7. The summed E-state index contributed by atoms with van der Waals surface area (Å²) in [4.78, 5) is 25.3. The maximum atomic E-state index is 12.9. The lowest BCUT2D eigenvalue weighted by molar-refractivity contribution is 0.0526. The van der Waals surface area contributed by atoms with Crippen molar-refractivity contribution in [2.45, 2.75) is 6.92 Å². The summed E-state index contributed by atoms with van der Waals surface area (Å²) in [7, 11) is 0. The van der Waals surface area contributed by atoms with Crippen molar-refractivity contribution in [1.29, 1.82) is 0 Å². The van der Waals surface area contributed by atoms with Crippen LogP contribution in [0.4, 0.5) is 0 Å². The van der Waals surface area contributed by atoms with E-state index in [1.54, 1.807) is 19.2 Å². The van der Waals surface area contributed by atoms with Crippen LogP contribution in [0.25, 0.3) is 27.1 Å². The molecular weight excluding hydrogens is 302 g/mol. The van der Waals surface area contributed by atoms with Gasteiger partial charge in [-0.2, -0.15) is 0 Å². The number of nitrogens with zero attached hydrogens (tertiary/aromatic N) is 1. The molecule has 0 saturated heterocycles. The van der Waals surface area contributed by atoms with Crippen LogP contribution in [-0.4, -0.2) is 17.0 Å². The Morgan fingerprint density at radius 2 is 1.67 bits per heavy atom. The average molecular weight is 317 g/mol. The Balaban J connectivity index is 2.25. The molecule has 0 fully saturated rings. The van der Waals surface area contributed by atoms with Gasteiger partial charge in [0.2, 0.25) is 0 Å². The summed E-state index contributed by atoms with van der Waals surface area (Å²) in [6.07, 6.45) is 1.68. The van der Waals surface area contributed by atoms with Crippen LogP contribution in [0.2, 0.25) is 0 Å². The van der Waals surface area contributed by atoms with E-state index in [1.165, 1.54) is 4.40 Å². The van der Waals surface area contributed by atoms with Gasteiger partial charge in [0.15, 0.2) is 0 Å². The number of aromatic nitrogens is 1. The lowest BCUT2D eigenvalue weighted by Gasteiger charge is -2.11. The van der Waals surface area contributed by atoms with Crippen molar-refractivity contribution in [2.24, 2.45) is 0 Å². The molecule has 0 unspecified atom stereocenters. The summed E-state index contributed by atoms with van der Waals surface area (Å²) in [5.74, 6) is -0.582. The minimum absolute atomic E-state index is 0.0845. The molecule has 4 nitrogen and oxygen atoms in total. The van der Waals surface area contributed by atoms with E-state index in [-0.39, 0.29) is 17.7 Å². The Bertz CT molecular complexity index is 1160. The van der Waals surface area contributed by atoms with E-state index in [9.17, 15) is 9.59 Å². The molecule has 0 bridgehead atoms. The number of esters is 1. The van der Waals surface area contributed by atoms with Crippen molar-refractivity contribution < 1.29 is 9.53 Å². The number of fused-ring (bicyclic) bond motifs is 4. The fourth-order valence-corrected chi connectivity index (χ4v) is 3.13. The molecule has 24 heavy (non-hydrogen) atoms. The van der Waals surface area contributed by atoms with Crippen LogP contribution in [0.5, 0.6) is 0 Å². The van der Waals surface area contributed by atoms with Gasteiger partial charge in [-0.15, -0.1) is 0 Å². The molecule has 0 aliphatic heterocycles. The van der Waals surface area contributed by atoms with Gasteiger partial charge in [-0.05, 0) is 42.0 Å². The highest BCUT2D eigenvalue weighted by molar-refractivity contribution is 6.13. The SMILES string of the molecule is CCOC(=O)c1c(=O)n2ccccc2c2cc3ccccc3cc12. The van der Waals surface area contributed by atoms with E-state index < -0.39 is 5.97 Å². The molecule has 0 aliphatic rings. The summed E-state index contributed by atoms with van der Waals surface area (Å²) in [5, 5.41) is 3.53. The number of hydrogen-bond donors (Lipinski definition) is 0. The predicted octanol–water partition coefficient (Wildman–Crippen LogP) is 3.78. The monoisotopic (exact) mass is 317 g/mol. The molecule has 0 atom stereocenters. The summed E-state index contributed by atoms with van der Waals surface area (Å²) in [6.45, 7) is 1.96. The molecule has 0 N–H and O–H groups in total. The van der Waals surface area contributed by atoms with Crippen LogP contribution in [0.15, 0.2) is 65.6 Å². The second kappa shape index (κ2) is 5.49. The van der Waals surface area contributed by atoms with Crippen LogP contribution in [0, 0.1) is 0 Å². The molecule has 0 aliphatic carbocycles. The van der Waals surface area contributed by atoms with Gasteiger partial charge in [-0.25, -0.2) is 4.79 Å². The van der Waals surface area contributed by atoms with E-state index >= 15 is 0 Å². The molecule has 118 valence electrons. The van der Waals surface area contributed by atoms with Crippen LogP contribution in [0.3, 0.4) is 0 Å². The third kappa shape index (κ3) is 2.07. The number of pyridine rings is 2. The Morgan fingerprint density at radius 1 is 1.00 bits per heavy atom. The van der Waals surface area contributed by atoms with Gasteiger partial charge in [0.05, 0.1) is 12.1 Å². The molecule has 0 spiro atoms. The molecule has 0 radical (unpaired) electrons. The van der Waals surface area contributed by atoms with Gasteiger partial charge in [0.25, 0.3) is 5.56 Å². The lowest BCUT2D eigenvalue weighted by Crippen LogP contribution is -2.24. The van der Waals surface area contributed by atoms with Gasteiger partial charge in [0.1, 0.15) is 5.56 Å². The molecule has 0 amide bonds. The Hall–Kier alpha value is -3.14. The maximum absolute atomic E-state index is 12.9. The Kier molecular flexibility index (Phi) is 3.31. The summed E-state index contributed by atoms with van der Waals surface area (Å²) in [5.41, 5.74) is 0.504. The van der Waals surface area contributed by atoms with Gasteiger partial charge in [-0.1, -0.05) is 30.3 Å². The first-order valence-corrected chi connectivity index (χ1v) is 7.83. The average Bonchev–Trinajstić information content (AvgIpc) is 2.61. The number of carbonyl (C=O) groups is 1. The normalized spacial score (nSPS) is 11.2. The van der Waals surface area contributed by atoms with Crippen molar-refractivity contribution in [3.05, 3.63) is 76.7 Å². The number of ether oxygens (including phenoxy) is 1. The molecule has 2 aromatic heterocycles. The third-order valence-corrected chi connectivity index (χ3v) is 4.20. The van der Waals surface area contributed by atoms with Crippen LogP contribution in [-0.2, 0) is 4.74 Å². The van der Waals surface area contributed by atoms with Crippen molar-refractivity contribution in [3.8, 4) is 0 Å². The van der Waals surface area contributed by atoms with Crippen LogP contribution >= 0.6 is 0 Å². The Labute approximate surface area is 137 Å². The van der Waals surface area contributed by atoms with E-state index in [1.807, 2.05) is 48.5 Å².